The zero-order chi connectivity index (χ0) is 21.2. The Kier molecular flexibility index (Phi) is 6.43. The van der Waals surface area contributed by atoms with Crippen LogP contribution in [0.25, 0.3) is 0 Å². The van der Waals surface area contributed by atoms with Gasteiger partial charge >= 0.3 is 6.18 Å². The van der Waals surface area contributed by atoms with Crippen molar-refractivity contribution in [3.63, 3.8) is 0 Å². The molecule has 3 rings (SSSR count). The lowest BCUT2D eigenvalue weighted by Crippen LogP contribution is -2.41. The number of rotatable bonds is 4. The lowest BCUT2D eigenvalue weighted by atomic mass is 9.85. The summed E-state index contributed by atoms with van der Waals surface area (Å²) < 4.78 is 52.1. The number of carbonyl (C=O) groups is 1. The van der Waals surface area contributed by atoms with Gasteiger partial charge in [-0.3, -0.25) is 4.79 Å². The van der Waals surface area contributed by atoms with Crippen LogP contribution >= 0.6 is 0 Å². The van der Waals surface area contributed by atoms with Crippen molar-refractivity contribution in [3.8, 4) is 0 Å². The van der Waals surface area contributed by atoms with Gasteiger partial charge in [0.25, 0.3) is 5.91 Å². The predicted molar refractivity (Wildman–Crippen MR) is 106 cm³/mol. The molecule has 1 aromatic rings. The van der Waals surface area contributed by atoms with Gasteiger partial charge < -0.3 is 21.3 Å². The number of nitrogen functional groups attached to an aromatic ring is 1. The molecule has 2 fully saturated rings. The smallest absolute Gasteiger partial charge is 0.391 e. The molecule has 1 aromatic carbocycles. The second kappa shape index (κ2) is 8.67. The summed E-state index contributed by atoms with van der Waals surface area (Å²) in [5.41, 5.74) is 8.16. The van der Waals surface area contributed by atoms with Crippen LogP contribution in [-0.2, 0) is 0 Å². The standard InChI is InChI=1S/C20H28F4N4O/c1-26-17-11-18(28-8-6-13(21)7-9-28)15(10-16(17)25)19(29)27-14-4-2-12(3-5-14)20(22,23)24/h10-14,26H,2-9,25H2,1H3,(H,27,29). The lowest BCUT2D eigenvalue weighted by Gasteiger charge is -2.33. The van der Waals surface area contributed by atoms with E-state index in [1.165, 1.54) is 0 Å². The number of benzene rings is 1. The Bertz CT molecular complexity index is 724. The molecule has 1 saturated heterocycles. The van der Waals surface area contributed by atoms with Gasteiger partial charge in [0.05, 0.1) is 28.5 Å². The molecule has 1 amide bonds. The number of alkyl halides is 4. The molecule has 0 aromatic heterocycles. The van der Waals surface area contributed by atoms with E-state index in [4.69, 9.17) is 5.73 Å². The van der Waals surface area contributed by atoms with E-state index < -0.39 is 18.3 Å². The number of nitrogens with two attached hydrogens (primary N) is 1. The highest BCUT2D eigenvalue weighted by molar-refractivity contribution is 6.02. The normalized spacial score (nSPS) is 23.7. The predicted octanol–water partition coefficient (Wildman–Crippen LogP) is 4.10. The Morgan fingerprint density at radius 3 is 2.28 bits per heavy atom. The Balaban J connectivity index is 1.75. The van der Waals surface area contributed by atoms with Crippen molar-refractivity contribution >= 4 is 23.0 Å². The van der Waals surface area contributed by atoms with E-state index in [0.717, 1.165) is 0 Å². The molecular weight excluding hydrogens is 388 g/mol. The Morgan fingerprint density at radius 2 is 1.72 bits per heavy atom. The first kappa shape index (κ1) is 21.5. The van der Waals surface area contributed by atoms with Gasteiger partial charge in [0.2, 0.25) is 0 Å². The Labute approximate surface area is 168 Å². The molecule has 1 aliphatic heterocycles. The van der Waals surface area contributed by atoms with E-state index in [9.17, 15) is 22.4 Å². The maximum Gasteiger partial charge on any atom is 0.391 e. The van der Waals surface area contributed by atoms with Crippen molar-refractivity contribution in [1.82, 2.24) is 5.32 Å². The minimum absolute atomic E-state index is 0.0200. The van der Waals surface area contributed by atoms with Gasteiger partial charge in [-0.1, -0.05) is 0 Å². The largest absolute Gasteiger partial charge is 0.397 e. The second-order valence-corrected chi connectivity index (χ2v) is 7.93. The summed E-state index contributed by atoms with van der Waals surface area (Å²) in [5.74, 6) is -1.65. The molecular formula is C20H28F4N4O. The van der Waals surface area contributed by atoms with Crippen LogP contribution in [0.15, 0.2) is 12.1 Å². The van der Waals surface area contributed by atoms with E-state index in [1.807, 2.05) is 4.90 Å². The van der Waals surface area contributed by atoms with Gasteiger partial charge in [-0.15, -0.1) is 0 Å². The van der Waals surface area contributed by atoms with Gasteiger partial charge in [-0.2, -0.15) is 13.2 Å². The van der Waals surface area contributed by atoms with Gasteiger partial charge in [-0.25, -0.2) is 4.39 Å². The fourth-order valence-corrected chi connectivity index (χ4v) is 4.18. The lowest BCUT2D eigenvalue weighted by molar-refractivity contribution is -0.182. The minimum Gasteiger partial charge on any atom is -0.397 e. The third kappa shape index (κ3) is 5.05. The number of carbonyl (C=O) groups excluding carboxylic acids is 1. The number of amides is 1. The third-order valence-electron chi connectivity index (χ3n) is 5.97. The number of halogens is 4. The first-order chi connectivity index (χ1) is 13.7. The van der Waals surface area contributed by atoms with Crippen molar-refractivity contribution in [2.24, 2.45) is 5.92 Å². The topological polar surface area (TPSA) is 70.4 Å². The molecule has 0 unspecified atom stereocenters. The summed E-state index contributed by atoms with van der Waals surface area (Å²) in [5, 5.41) is 5.86. The fraction of sp³-hybridized carbons (Fsp3) is 0.650. The highest BCUT2D eigenvalue weighted by Crippen LogP contribution is 2.38. The van der Waals surface area contributed by atoms with Crippen molar-refractivity contribution in [1.29, 1.82) is 0 Å². The second-order valence-electron chi connectivity index (χ2n) is 7.93. The van der Waals surface area contributed by atoms with Crippen LogP contribution in [0.2, 0.25) is 0 Å². The van der Waals surface area contributed by atoms with Gasteiger partial charge in [0, 0.05) is 26.2 Å². The average molecular weight is 416 g/mol. The molecule has 1 heterocycles. The first-order valence-corrected chi connectivity index (χ1v) is 10.1. The van der Waals surface area contributed by atoms with E-state index in [2.05, 4.69) is 10.6 Å². The number of anilines is 3. The van der Waals surface area contributed by atoms with E-state index in [-0.39, 0.29) is 24.8 Å². The minimum atomic E-state index is -4.18. The van der Waals surface area contributed by atoms with Crippen LogP contribution < -0.4 is 21.3 Å². The average Bonchev–Trinajstić information content (AvgIpc) is 2.68. The summed E-state index contributed by atoms with van der Waals surface area (Å²) in [7, 11) is 1.72. The molecule has 162 valence electrons. The molecule has 5 nitrogen and oxygen atoms in total. The summed E-state index contributed by atoms with van der Waals surface area (Å²) in [6.45, 7) is 0.983. The highest BCUT2D eigenvalue weighted by Gasteiger charge is 2.41. The third-order valence-corrected chi connectivity index (χ3v) is 5.97. The van der Waals surface area contributed by atoms with Crippen LogP contribution in [0.4, 0.5) is 34.6 Å². The summed E-state index contributed by atoms with van der Waals surface area (Å²) in [4.78, 5) is 14.9. The van der Waals surface area contributed by atoms with E-state index in [1.54, 1.807) is 19.2 Å². The van der Waals surface area contributed by atoms with Crippen molar-refractivity contribution < 1.29 is 22.4 Å². The molecule has 0 atom stereocenters. The molecule has 9 heteroatoms. The molecule has 0 radical (unpaired) electrons. The summed E-state index contributed by atoms with van der Waals surface area (Å²) in [6, 6.07) is 3.07. The number of nitrogens with zero attached hydrogens (tertiary/aromatic N) is 1. The number of piperidine rings is 1. The zero-order valence-corrected chi connectivity index (χ0v) is 16.5. The summed E-state index contributed by atoms with van der Waals surface area (Å²) in [6.07, 6.45) is -3.61. The van der Waals surface area contributed by atoms with Crippen molar-refractivity contribution in [3.05, 3.63) is 17.7 Å². The molecule has 1 aliphatic carbocycles. The molecule has 2 aliphatic rings. The Morgan fingerprint density at radius 1 is 1.10 bits per heavy atom. The van der Waals surface area contributed by atoms with Gasteiger partial charge in [-0.05, 0) is 50.7 Å². The van der Waals surface area contributed by atoms with Gasteiger partial charge in [0.15, 0.2) is 0 Å². The fourth-order valence-electron chi connectivity index (χ4n) is 4.18. The number of hydrogen-bond acceptors (Lipinski definition) is 4. The van der Waals surface area contributed by atoms with Crippen molar-refractivity contribution in [2.75, 3.05) is 36.1 Å². The van der Waals surface area contributed by atoms with E-state index in [0.29, 0.717) is 61.4 Å². The molecule has 1 saturated carbocycles. The van der Waals surface area contributed by atoms with Crippen LogP contribution in [-0.4, -0.2) is 44.4 Å². The molecule has 29 heavy (non-hydrogen) atoms. The number of hydrogen-bond donors (Lipinski definition) is 3. The first-order valence-electron chi connectivity index (χ1n) is 10.1. The summed E-state index contributed by atoms with van der Waals surface area (Å²) >= 11 is 0. The zero-order valence-electron chi connectivity index (χ0n) is 16.5. The molecule has 4 N–H and O–H groups in total. The maximum absolute atomic E-state index is 13.5. The Hall–Kier alpha value is -2.19. The van der Waals surface area contributed by atoms with Crippen LogP contribution in [0.3, 0.4) is 0 Å². The maximum atomic E-state index is 13.5. The quantitative estimate of drug-likeness (QED) is 0.511. The highest BCUT2D eigenvalue weighted by atomic mass is 19.4. The van der Waals surface area contributed by atoms with Crippen LogP contribution in [0.1, 0.15) is 48.9 Å². The van der Waals surface area contributed by atoms with Crippen molar-refractivity contribution in [2.45, 2.75) is 56.9 Å². The van der Waals surface area contributed by atoms with E-state index >= 15 is 0 Å². The van der Waals surface area contributed by atoms with Crippen LogP contribution in [0, 0.1) is 5.92 Å². The van der Waals surface area contributed by atoms with Crippen LogP contribution in [0.5, 0.6) is 0 Å². The number of nitrogens with one attached hydrogen (secondary N) is 2. The SMILES string of the molecule is CNc1cc(N2CCC(F)CC2)c(C(=O)NC2CCC(C(F)(F)F)CC2)cc1N. The van der Waals surface area contributed by atoms with Gasteiger partial charge in [0.1, 0.15) is 6.17 Å². The molecule has 0 spiro atoms. The molecule has 0 bridgehead atoms. The monoisotopic (exact) mass is 416 g/mol.